The Kier molecular flexibility index (Phi) is 4.99. The molecule has 2 rings (SSSR count). The quantitative estimate of drug-likeness (QED) is 0.885. The maximum Gasteiger partial charge on any atom is 0.256 e. The summed E-state index contributed by atoms with van der Waals surface area (Å²) in [6.45, 7) is 5.56. The second kappa shape index (κ2) is 6.75. The van der Waals surface area contributed by atoms with E-state index in [0.717, 1.165) is 11.1 Å². The van der Waals surface area contributed by atoms with Crippen molar-refractivity contribution in [3.63, 3.8) is 0 Å². The molecule has 0 saturated heterocycles. The average Bonchev–Trinajstić information content (AvgIpc) is 2.47. The molecule has 0 aliphatic heterocycles. The smallest absolute Gasteiger partial charge is 0.256 e. The van der Waals surface area contributed by atoms with Gasteiger partial charge in [0.1, 0.15) is 5.60 Å². The van der Waals surface area contributed by atoms with Gasteiger partial charge in [-0.1, -0.05) is 42.0 Å². The van der Waals surface area contributed by atoms with Crippen LogP contribution in [0.1, 0.15) is 30.0 Å². The molecule has 0 aliphatic carbocycles. The van der Waals surface area contributed by atoms with E-state index >= 15 is 0 Å². The van der Waals surface area contributed by atoms with Gasteiger partial charge >= 0.3 is 0 Å². The summed E-state index contributed by atoms with van der Waals surface area (Å²) >= 11 is 0. The van der Waals surface area contributed by atoms with Gasteiger partial charge in [0.25, 0.3) is 5.91 Å². The summed E-state index contributed by atoms with van der Waals surface area (Å²) in [4.78, 5) is 12.3. The maximum absolute atomic E-state index is 12.3. The summed E-state index contributed by atoms with van der Waals surface area (Å²) in [6.07, 6.45) is 1.04. The molecule has 3 nitrogen and oxygen atoms in total. The number of carbonyl (C=O) groups excluding carboxylic acids is 1. The zero-order valence-corrected chi connectivity index (χ0v) is 13.4. The van der Waals surface area contributed by atoms with Crippen molar-refractivity contribution in [1.82, 2.24) is 0 Å². The van der Waals surface area contributed by atoms with Crippen molar-refractivity contribution < 1.29 is 9.90 Å². The van der Waals surface area contributed by atoms with Gasteiger partial charge in [0.2, 0.25) is 0 Å². The normalized spacial score (nSPS) is 13.5. The highest BCUT2D eigenvalue weighted by atomic mass is 16.3. The van der Waals surface area contributed by atoms with E-state index in [1.54, 1.807) is 6.92 Å². The monoisotopic (exact) mass is 297 g/mol. The summed E-state index contributed by atoms with van der Waals surface area (Å²) in [6, 6.07) is 15.7. The van der Waals surface area contributed by atoms with Crippen molar-refractivity contribution >= 4 is 11.6 Å². The summed E-state index contributed by atoms with van der Waals surface area (Å²) in [5.41, 5.74) is 2.70. The van der Waals surface area contributed by atoms with Crippen LogP contribution >= 0.6 is 0 Å². The molecule has 0 aliphatic rings. The molecular weight excluding hydrogens is 274 g/mol. The first kappa shape index (κ1) is 16.2. The summed E-state index contributed by atoms with van der Waals surface area (Å²) in [5.74, 6) is -0.370. The lowest BCUT2D eigenvalue weighted by Crippen LogP contribution is -2.40. The Hall–Kier alpha value is -2.13. The maximum atomic E-state index is 12.3. The van der Waals surface area contributed by atoms with E-state index in [-0.39, 0.29) is 5.91 Å². The van der Waals surface area contributed by atoms with E-state index < -0.39 is 5.60 Å². The Morgan fingerprint density at radius 1 is 1.09 bits per heavy atom. The fraction of sp³-hybridized carbons (Fsp3) is 0.316. The van der Waals surface area contributed by atoms with Crippen molar-refractivity contribution in [2.45, 2.75) is 39.2 Å². The fourth-order valence-electron chi connectivity index (χ4n) is 2.24. The van der Waals surface area contributed by atoms with Gasteiger partial charge in [0.05, 0.1) is 0 Å². The third-order valence-electron chi connectivity index (χ3n) is 3.79. The first-order valence-electron chi connectivity index (χ1n) is 7.53. The van der Waals surface area contributed by atoms with Crippen molar-refractivity contribution in [3.05, 3.63) is 65.2 Å². The number of benzene rings is 2. The van der Waals surface area contributed by atoms with Gasteiger partial charge in [0, 0.05) is 5.69 Å². The number of hydrogen-bond acceptors (Lipinski definition) is 2. The molecule has 1 atom stereocenters. The van der Waals surface area contributed by atoms with E-state index in [1.165, 1.54) is 5.56 Å². The molecule has 2 N–H and O–H groups in total. The number of nitrogens with one attached hydrogen (secondary N) is 1. The predicted molar refractivity (Wildman–Crippen MR) is 89.9 cm³/mol. The molecular formula is C19H23NO2. The molecule has 2 aromatic carbocycles. The van der Waals surface area contributed by atoms with Crippen LogP contribution < -0.4 is 5.32 Å². The van der Waals surface area contributed by atoms with Crippen LogP contribution in [0.5, 0.6) is 0 Å². The number of anilines is 1. The van der Waals surface area contributed by atoms with E-state index in [0.29, 0.717) is 18.5 Å². The van der Waals surface area contributed by atoms with Crippen LogP contribution in [0.4, 0.5) is 5.69 Å². The minimum absolute atomic E-state index is 0.370. The van der Waals surface area contributed by atoms with Crippen molar-refractivity contribution in [2.75, 3.05) is 5.32 Å². The van der Waals surface area contributed by atoms with E-state index in [1.807, 2.05) is 62.4 Å². The van der Waals surface area contributed by atoms with Gasteiger partial charge in [-0.3, -0.25) is 4.79 Å². The van der Waals surface area contributed by atoms with Crippen LogP contribution in [0.15, 0.2) is 48.5 Å². The van der Waals surface area contributed by atoms with Crippen LogP contribution in [0.25, 0.3) is 0 Å². The number of amides is 1. The first-order chi connectivity index (χ1) is 10.4. The second-order valence-corrected chi connectivity index (χ2v) is 6.08. The zero-order chi connectivity index (χ0) is 16.2. The number of aryl methyl sites for hydroxylation is 3. The summed E-state index contributed by atoms with van der Waals surface area (Å²) in [7, 11) is 0. The Morgan fingerprint density at radius 2 is 1.77 bits per heavy atom. The van der Waals surface area contributed by atoms with E-state index in [2.05, 4.69) is 5.32 Å². The molecule has 0 fully saturated rings. The van der Waals surface area contributed by atoms with Crippen LogP contribution in [0.2, 0.25) is 0 Å². The van der Waals surface area contributed by atoms with Crippen LogP contribution in [0, 0.1) is 13.8 Å². The number of hydrogen-bond donors (Lipinski definition) is 2. The number of carbonyl (C=O) groups is 1. The molecule has 0 aromatic heterocycles. The minimum Gasteiger partial charge on any atom is -0.380 e. The third-order valence-corrected chi connectivity index (χ3v) is 3.79. The molecule has 3 heteroatoms. The Bertz CT molecular complexity index is 645. The zero-order valence-electron chi connectivity index (χ0n) is 13.4. The Balaban J connectivity index is 1.96. The molecule has 0 radical (unpaired) electrons. The molecule has 22 heavy (non-hydrogen) atoms. The van der Waals surface area contributed by atoms with Gasteiger partial charge in [0.15, 0.2) is 0 Å². The Labute approximate surface area is 132 Å². The molecule has 116 valence electrons. The SMILES string of the molecule is Cc1ccc(CC[C@](C)(O)C(=O)Nc2cccc(C)c2)cc1. The number of rotatable bonds is 5. The molecule has 0 saturated carbocycles. The van der Waals surface area contributed by atoms with Gasteiger partial charge in [-0.25, -0.2) is 0 Å². The molecule has 0 spiro atoms. The third kappa shape index (κ3) is 4.43. The lowest BCUT2D eigenvalue weighted by molar-refractivity contribution is -0.132. The van der Waals surface area contributed by atoms with Crippen LogP contribution in [-0.2, 0) is 11.2 Å². The van der Waals surface area contributed by atoms with Gasteiger partial charge in [-0.15, -0.1) is 0 Å². The van der Waals surface area contributed by atoms with Crippen LogP contribution in [0.3, 0.4) is 0 Å². The molecule has 0 unspecified atom stereocenters. The van der Waals surface area contributed by atoms with Gasteiger partial charge in [-0.2, -0.15) is 0 Å². The topological polar surface area (TPSA) is 49.3 Å². The minimum atomic E-state index is -1.39. The highest BCUT2D eigenvalue weighted by Gasteiger charge is 2.29. The second-order valence-electron chi connectivity index (χ2n) is 6.08. The number of aliphatic hydroxyl groups is 1. The highest BCUT2D eigenvalue weighted by molar-refractivity contribution is 5.96. The molecule has 0 heterocycles. The summed E-state index contributed by atoms with van der Waals surface area (Å²) < 4.78 is 0. The fourth-order valence-corrected chi connectivity index (χ4v) is 2.24. The van der Waals surface area contributed by atoms with Gasteiger partial charge < -0.3 is 10.4 Å². The lowest BCUT2D eigenvalue weighted by atomic mass is 9.95. The van der Waals surface area contributed by atoms with Crippen molar-refractivity contribution in [3.8, 4) is 0 Å². The van der Waals surface area contributed by atoms with Crippen LogP contribution in [-0.4, -0.2) is 16.6 Å². The van der Waals surface area contributed by atoms with Crippen molar-refractivity contribution in [1.29, 1.82) is 0 Å². The van der Waals surface area contributed by atoms with Gasteiger partial charge in [-0.05, 0) is 56.9 Å². The molecule has 2 aromatic rings. The predicted octanol–water partition coefficient (Wildman–Crippen LogP) is 3.63. The first-order valence-corrected chi connectivity index (χ1v) is 7.53. The molecule has 1 amide bonds. The molecule has 0 bridgehead atoms. The standard InChI is InChI=1S/C19H23NO2/c1-14-7-9-16(10-8-14)11-12-19(3,22)18(21)20-17-6-4-5-15(2)13-17/h4-10,13,22H,11-12H2,1-3H3,(H,20,21)/t19-/m0/s1. The average molecular weight is 297 g/mol. The van der Waals surface area contributed by atoms with E-state index in [9.17, 15) is 9.90 Å². The van der Waals surface area contributed by atoms with E-state index in [4.69, 9.17) is 0 Å². The highest BCUT2D eigenvalue weighted by Crippen LogP contribution is 2.18. The van der Waals surface area contributed by atoms with Crippen molar-refractivity contribution in [2.24, 2.45) is 0 Å². The largest absolute Gasteiger partial charge is 0.380 e. The Morgan fingerprint density at radius 3 is 2.41 bits per heavy atom. The summed E-state index contributed by atoms with van der Waals surface area (Å²) in [5, 5.41) is 13.2. The lowest BCUT2D eigenvalue weighted by Gasteiger charge is -2.22.